The highest BCUT2D eigenvalue weighted by Crippen LogP contribution is 2.31. The van der Waals surface area contributed by atoms with Crippen LogP contribution in [-0.2, 0) is 17.7 Å². The Bertz CT molecular complexity index is 682. The van der Waals surface area contributed by atoms with Gasteiger partial charge in [-0.05, 0) is 6.07 Å². The summed E-state index contributed by atoms with van der Waals surface area (Å²) in [5, 5.41) is 4.05. The summed E-state index contributed by atoms with van der Waals surface area (Å²) in [6, 6.07) is 5.59. The molecule has 1 aliphatic heterocycles. The molecular weight excluding hydrogens is 256 g/mol. The van der Waals surface area contributed by atoms with E-state index in [9.17, 15) is 4.79 Å². The van der Waals surface area contributed by atoms with Crippen molar-refractivity contribution in [2.45, 2.75) is 13.0 Å². The van der Waals surface area contributed by atoms with E-state index in [1.54, 1.807) is 7.11 Å². The highest BCUT2D eigenvalue weighted by Gasteiger charge is 2.24. The topological polar surface area (TPSA) is 60.5 Å². The number of hydrogen-bond donors (Lipinski definition) is 1. The lowest BCUT2D eigenvalue weighted by atomic mass is 9.96. The van der Waals surface area contributed by atoms with Crippen LogP contribution >= 0.6 is 0 Å². The van der Waals surface area contributed by atoms with E-state index in [1.165, 1.54) is 7.11 Å². The number of hydrogen-bond acceptors (Lipinski definition) is 5. The van der Waals surface area contributed by atoms with Crippen LogP contribution in [0.5, 0.6) is 5.75 Å². The zero-order valence-corrected chi connectivity index (χ0v) is 11.5. The van der Waals surface area contributed by atoms with Crippen LogP contribution in [-0.4, -0.2) is 31.7 Å². The Kier molecular flexibility index (Phi) is 3.28. The van der Waals surface area contributed by atoms with Crippen LogP contribution in [0, 0.1) is 0 Å². The molecule has 20 heavy (non-hydrogen) atoms. The molecule has 0 bridgehead atoms. The van der Waals surface area contributed by atoms with E-state index in [1.807, 2.05) is 18.2 Å². The lowest BCUT2D eigenvalue weighted by Crippen LogP contribution is -2.27. The van der Waals surface area contributed by atoms with Crippen molar-refractivity contribution >= 4 is 16.9 Å². The third-order valence-corrected chi connectivity index (χ3v) is 3.62. The summed E-state index contributed by atoms with van der Waals surface area (Å²) in [5.74, 6) is 0.347. The number of rotatable bonds is 2. The minimum Gasteiger partial charge on any atom is -0.494 e. The zero-order valence-electron chi connectivity index (χ0n) is 11.5. The monoisotopic (exact) mass is 272 g/mol. The molecule has 0 atom stereocenters. The lowest BCUT2D eigenvalue weighted by Gasteiger charge is -2.21. The Morgan fingerprint density at radius 3 is 2.95 bits per heavy atom. The first-order valence-corrected chi connectivity index (χ1v) is 6.53. The van der Waals surface area contributed by atoms with E-state index in [2.05, 4.69) is 5.32 Å². The van der Waals surface area contributed by atoms with Crippen molar-refractivity contribution in [3.05, 3.63) is 35.0 Å². The van der Waals surface area contributed by atoms with Gasteiger partial charge in [-0.15, -0.1) is 0 Å². The fourth-order valence-corrected chi connectivity index (χ4v) is 2.67. The quantitative estimate of drug-likeness (QED) is 0.843. The Morgan fingerprint density at radius 2 is 2.20 bits per heavy atom. The van der Waals surface area contributed by atoms with E-state index in [0.29, 0.717) is 17.9 Å². The van der Waals surface area contributed by atoms with Crippen molar-refractivity contribution < 1.29 is 14.3 Å². The fraction of sp³-hybridized carbons (Fsp3) is 0.333. The SMILES string of the molecule is COC(=O)c1c2c(nc3c(OC)cccc13)CCNC2. The predicted octanol–water partition coefficient (Wildman–Crippen LogP) is 1.68. The lowest BCUT2D eigenvalue weighted by molar-refractivity contribution is 0.0601. The molecule has 1 N–H and O–H groups in total. The number of para-hydroxylation sites is 1. The van der Waals surface area contributed by atoms with Crippen molar-refractivity contribution in [3.63, 3.8) is 0 Å². The average molecular weight is 272 g/mol. The maximum atomic E-state index is 12.2. The first-order valence-electron chi connectivity index (χ1n) is 6.53. The fourth-order valence-electron chi connectivity index (χ4n) is 2.67. The summed E-state index contributed by atoms with van der Waals surface area (Å²) in [6.45, 7) is 1.50. The van der Waals surface area contributed by atoms with Gasteiger partial charge < -0.3 is 14.8 Å². The number of nitrogens with zero attached hydrogens (tertiary/aromatic N) is 1. The molecular formula is C15H16N2O3. The normalized spacial score (nSPS) is 13.9. The van der Waals surface area contributed by atoms with Crippen LogP contribution in [0.15, 0.2) is 18.2 Å². The number of nitrogens with one attached hydrogen (secondary N) is 1. The number of ether oxygens (including phenoxy) is 2. The van der Waals surface area contributed by atoms with Crippen molar-refractivity contribution in [1.82, 2.24) is 10.3 Å². The molecule has 5 nitrogen and oxygen atoms in total. The van der Waals surface area contributed by atoms with Crippen molar-refractivity contribution in [2.75, 3.05) is 20.8 Å². The van der Waals surface area contributed by atoms with E-state index in [0.717, 1.165) is 35.1 Å². The van der Waals surface area contributed by atoms with Gasteiger partial charge in [-0.1, -0.05) is 12.1 Å². The van der Waals surface area contributed by atoms with Gasteiger partial charge in [0.1, 0.15) is 11.3 Å². The molecule has 0 amide bonds. The van der Waals surface area contributed by atoms with Gasteiger partial charge in [-0.2, -0.15) is 0 Å². The minimum absolute atomic E-state index is 0.328. The molecule has 1 aromatic heterocycles. The second-order valence-electron chi connectivity index (χ2n) is 4.69. The molecule has 1 aliphatic rings. The molecule has 0 saturated carbocycles. The van der Waals surface area contributed by atoms with Crippen LogP contribution in [0.2, 0.25) is 0 Å². The van der Waals surface area contributed by atoms with Crippen LogP contribution in [0.4, 0.5) is 0 Å². The number of methoxy groups -OCH3 is 2. The Labute approximate surface area is 116 Å². The number of esters is 1. The molecule has 0 saturated heterocycles. The number of fused-ring (bicyclic) bond motifs is 2. The smallest absolute Gasteiger partial charge is 0.338 e. The largest absolute Gasteiger partial charge is 0.494 e. The highest BCUT2D eigenvalue weighted by atomic mass is 16.5. The van der Waals surface area contributed by atoms with Gasteiger partial charge in [-0.25, -0.2) is 9.78 Å². The Balaban J connectivity index is 2.38. The summed E-state index contributed by atoms with van der Waals surface area (Å²) in [4.78, 5) is 16.9. The van der Waals surface area contributed by atoms with E-state index >= 15 is 0 Å². The van der Waals surface area contributed by atoms with Gasteiger partial charge in [0.2, 0.25) is 0 Å². The molecule has 5 heteroatoms. The van der Waals surface area contributed by atoms with Crippen LogP contribution in [0.3, 0.4) is 0 Å². The molecule has 1 aromatic carbocycles. The molecule has 0 aliphatic carbocycles. The van der Waals surface area contributed by atoms with Crippen LogP contribution in [0.25, 0.3) is 10.9 Å². The highest BCUT2D eigenvalue weighted by molar-refractivity contribution is 6.06. The van der Waals surface area contributed by atoms with Gasteiger partial charge in [0.25, 0.3) is 0 Å². The summed E-state index contributed by atoms with van der Waals surface area (Å²) in [5.41, 5.74) is 3.19. The van der Waals surface area contributed by atoms with Gasteiger partial charge >= 0.3 is 5.97 Å². The predicted molar refractivity (Wildman–Crippen MR) is 75.0 cm³/mol. The molecule has 0 radical (unpaired) electrons. The Morgan fingerprint density at radius 1 is 1.35 bits per heavy atom. The van der Waals surface area contributed by atoms with Crippen molar-refractivity contribution in [2.24, 2.45) is 0 Å². The molecule has 2 aromatic rings. The number of aromatic nitrogens is 1. The van der Waals surface area contributed by atoms with E-state index < -0.39 is 0 Å². The molecule has 0 fully saturated rings. The Hall–Kier alpha value is -2.14. The maximum Gasteiger partial charge on any atom is 0.338 e. The summed E-state index contributed by atoms with van der Waals surface area (Å²) >= 11 is 0. The average Bonchev–Trinajstić information content (AvgIpc) is 2.51. The second-order valence-corrected chi connectivity index (χ2v) is 4.69. The third-order valence-electron chi connectivity index (χ3n) is 3.62. The van der Waals surface area contributed by atoms with Gasteiger partial charge in [-0.3, -0.25) is 0 Å². The van der Waals surface area contributed by atoms with Gasteiger partial charge in [0.05, 0.1) is 19.8 Å². The number of carbonyl (C=O) groups excluding carboxylic acids is 1. The molecule has 0 unspecified atom stereocenters. The summed E-state index contributed by atoms with van der Waals surface area (Å²) < 4.78 is 10.3. The maximum absolute atomic E-state index is 12.2. The molecule has 3 rings (SSSR count). The number of pyridine rings is 1. The summed E-state index contributed by atoms with van der Waals surface area (Å²) in [6.07, 6.45) is 0.799. The van der Waals surface area contributed by atoms with E-state index in [4.69, 9.17) is 14.5 Å². The van der Waals surface area contributed by atoms with Crippen LogP contribution < -0.4 is 10.1 Å². The number of carbonyl (C=O) groups is 1. The minimum atomic E-state index is -0.328. The molecule has 104 valence electrons. The third kappa shape index (κ3) is 1.91. The molecule has 2 heterocycles. The van der Waals surface area contributed by atoms with E-state index in [-0.39, 0.29) is 5.97 Å². The van der Waals surface area contributed by atoms with Crippen molar-refractivity contribution in [3.8, 4) is 5.75 Å². The van der Waals surface area contributed by atoms with Crippen molar-refractivity contribution in [1.29, 1.82) is 0 Å². The standard InChI is InChI=1S/C15H16N2O3/c1-19-12-5-3-4-9-13(15(18)20-2)10-8-16-7-6-11(10)17-14(9)12/h3-5,16H,6-8H2,1-2H3. The first kappa shape index (κ1) is 12.9. The zero-order chi connectivity index (χ0) is 14.1. The molecule has 0 spiro atoms. The van der Waals surface area contributed by atoms with Gasteiger partial charge in [0.15, 0.2) is 0 Å². The second kappa shape index (κ2) is 5.09. The first-order chi connectivity index (χ1) is 9.76. The van der Waals surface area contributed by atoms with Crippen LogP contribution in [0.1, 0.15) is 21.6 Å². The summed E-state index contributed by atoms with van der Waals surface area (Å²) in [7, 11) is 3.01. The van der Waals surface area contributed by atoms with Gasteiger partial charge in [0, 0.05) is 36.2 Å². The number of benzene rings is 1.